The number of para-hydroxylation sites is 1. The first-order valence-corrected chi connectivity index (χ1v) is 12.7. The van der Waals surface area contributed by atoms with Gasteiger partial charge < -0.3 is 8.98 Å². The fourth-order valence-corrected chi connectivity index (χ4v) is 5.61. The minimum atomic E-state index is 0.891. The molecule has 0 bridgehead atoms. The standard InChI is InChI=1S/C34H21N3O/c1-2-9-25(29-11-5-6-18-35-29)24(8-1)22-14-16-30-28(20-22)34-31(12-7-19-36-34)37(30)23-15-17-33-27(21-23)26-10-3-4-13-32(26)38-33/h1-21H. The molecular formula is C34H21N3O. The van der Waals surface area contributed by atoms with Crippen molar-refractivity contribution in [3.05, 3.63) is 128 Å². The van der Waals surface area contributed by atoms with Crippen molar-refractivity contribution < 1.29 is 4.42 Å². The Labute approximate surface area is 218 Å². The van der Waals surface area contributed by atoms with Crippen LogP contribution in [0.5, 0.6) is 0 Å². The lowest BCUT2D eigenvalue weighted by molar-refractivity contribution is 0.669. The maximum atomic E-state index is 6.09. The second kappa shape index (κ2) is 8.15. The van der Waals surface area contributed by atoms with Crippen molar-refractivity contribution >= 4 is 43.9 Å². The van der Waals surface area contributed by atoms with Crippen LogP contribution in [-0.2, 0) is 0 Å². The van der Waals surface area contributed by atoms with Gasteiger partial charge in [-0.15, -0.1) is 0 Å². The Morgan fingerprint density at radius 3 is 2.26 bits per heavy atom. The van der Waals surface area contributed by atoms with Crippen molar-refractivity contribution in [3.8, 4) is 28.1 Å². The van der Waals surface area contributed by atoms with Gasteiger partial charge in [-0.25, -0.2) is 0 Å². The van der Waals surface area contributed by atoms with Crippen LogP contribution in [0, 0.1) is 0 Å². The van der Waals surface area contributed by atoms with Crippen molar-refractivity contribution in [2.75, 3.05) is 0 Å². The molecule has 4 aromatic carbocycles. The molecule has 0 aliphatic heterocycles. The van der Waals surface area contributed by atoms with Gasteiger partial charge in [-0.2, -0.15) is 0 Å². The lowest BCUT2D eigenvalue weighted by atomic mass is 9.96. The molecular weight excluding hydrogens is 466 g/mol. The van der Waals surface area contributed by atoms with E-state index in [0.29, 0.717) is 0 Å². The van der Waals surface area contributed by atoms with Gasteiger partial charge in [0.25, 0.3) is 0 Å². The first kappa shape index (κ1) is 20.9. The van der Waals surface area contributed by atoms with Gasteiger partial charge in [0, 0.05) is 39.8 Å². The summed E-state index contributed by atoms with van der Waals surface area (Å²) in [6.07, 6.45) is 3.71. The Hall–Kier alpha value is -5.22. The zero-order valence-corrected chi connectivity index (χ0v) is 20.4. The molecule has 4 nitrogen and oxygen atoms in total. The van der Waals surface area contributed by atoms with Crippen molar-refractivity contribution in [1.29, 1.82) is 0 Å². The molecule has 178 valence electrons. The average molecular weight is 488 g/mol. The number of hydrogen-bond acceptors (Lipinski definition) is 3. The summed E-state index contributed by atoms with van der Waals surface area (Å²) in [4.78, 5) is 9.43. The normalized spacial score (nSPS) is 11.7. The van der Waals surface area contributed by atoms with Crippen molar-refractivity contribution in [1.82, 2.24) is 14.5 Å². The summed E-state index contributed by atoms with van der Waals surface area (Å²) in [7, 11) is 0. The zero-order chi connectivity index (χ0) is 25.1. The van der Waals surface area contributed by atoms with E-state index < -0.39 is 0 Å². The van der Waals surface area contributed by atoms with E-state index in [0.717, 1.165) is 71.9 Å². The van der Waals surface area contributed by atoms with Crippen LogP contribution in [0.3, 0.4) is 0 Å². The van der Waals surface area contributed by atoms with Gasteiger partial charge in [0.05, 0.1) is 22.2 Å². The summed E-state index contributed by atoms with van der Waals surface area (Å²) < 4.78 is 8.38. The minimum absolute atomic E-state index is 0.891. The van der Waals surface area contributed by atoms with E-state index >= 15 is 0 Å². The van der Waals surface area contributed by atoms with Crippen LogP contribution in [0.2, 0.25) is 0 Å². The SMILES string of the molecule is c1ccc(-c2ccccc2-c2ccc3c(c2)c2ncccc2n3-c2ccc3oc4ccccc4c3c2)nc1. The predicted molar refractivity (Wildman–Crippen MR) is 155 cm³/mol. The Morgan fingerprint density at radius 1 is 0.526 bits per heavy atom. The Kier molecular flexibility index (Phi) is 4.49. The van der Waals surface area contributed by atoms with Crippen LogP contribution >= 0.6 is 0 Å². The number of rotatable bonds is 3. The van der Waals surface area contributed by atoms with Crippen LogP contribution < -0.4 is 0 Å². The summed E-state index contributed by atoms with van der Waals surface area (Å²) in [6, 6.07) is 39.9. The fraction of sp³-hybridized carbons (Fsp3) is 0. The van der Waals surface area contributed by atoms with Gasteiger partial charge >= 0.3 is 0 Å². The van der Waals surface area contributed by atoms with E-state index in [2.05, 4.69) is 94.5 Å². The Bertz CT molecular complexity index is 2140. The summed E-state index contributed by atoms with van der Waals surface area (Å²) in [5.74, 6) is 0. The van der Waals surface area contributed by atoms with Gasteiger partial charge in [0.15, 0.2) is 0 Å². The molecule has 38 heavy (non-hydrogen) atoms. The van der Waals surface area contributed by atoms with E-state index in [1.807, 2.05) is 42.7 Å². The molecule has 0 saturated carbocycles. The number of aromatic nitrogens is 3. The third-order valence-electron chi connectivity index (χ3n) is 7.32. The molecule has 0 atom stereocenters. The van der Waals surface area contributed by atoms with E-state index in [9.17, 15) is 0 Å². The van der Waals surface area contributed by atoms with Gasteiger partial charge in [-0.05, 0) is 71.8 Å². The smallest absolute Gasteiger partial charge is 0.135 e. The molecule has 0 radical (unpaired) electrons. The molecule has 0 unspecified atom stereocenters. The molecule has 0 aliphatic rings. The molecule has 4 heteroatoms. The summed E-state index contributed by atoms with van der Waals surface area (Å²) >= 11 is 0. The van der Waals surface area contributed by atoms with Crippen LogP contribution in [0.25, 0.3) is 71.9 Å². The van der Waals surface area contributed by atoms with Gasteiger partial charge in [-0.1, -0.05) is 54.6 Å². The third-order valence-corrected chi connectivity index (χ3v) is 7.32. The lowest BCUT2D eigenvalue weighted by Crippen LogP contribution is -1.93. The van der Waals surface area contributed by atoms with Gasteiger partial charge in [0.2, 0.25) is 0 Å². The molecule has 0 amide bonds. The zero-order valence-electron chi connectivity index (χ0n) is 20.4. The van der Waals surface area contributed by atoms with E-state index in [-0.39, 0.29) is 0 Å². The largest absolute Gasteiger partial charge is 0.456 e. The number of pyridine rings is 2. The quantitative estimate of drug-likeness (QED) is 0.250. The second-order valence-corrected chi connectivity index (χ2v) is 9.48. The monoisotopic (exact) mass is 487 g/mol. The van der Waals surface area contributed by atoms with Gasteiger partial charge in [-0.3, -0.25) is 9.97 Å². The maximum Gasteiger partial charge on any atom is 0.135 e. The maximum absolute atomic E-state index is 6.09. The average Bonchev–Trinajstić information content (AvgIpc) is 3.52. The molecule has 4 heterocycles. The van der Waals surface area contributed by atoms with Crippen LogP contribution in [0.1, 0.15) is 0 Å². The summed E-state index contributed by atoms with van der Waals surface area (Å²) in [5, 5.41) is 3.35. The third kappa shape index (κ3) is 3.10. The number of hydrogen-bond donors (Lipinski definition) is 0. The number of nitrogens with zero attached hydrogens (tertiary/aromatic N) is 3. The molecule has 8 aromatic rings. The van der Waals surface area contributed by atoms with Crippen molar-refractivity contribution in [2.24, 2.45) is 0 Å². The fourth-order valence-electron chi connectivity index (χ4n) is 5.61. The minimum Gasteiger partial charge on any atom is -0.456 e. The molecule has 0 N–H and O–H groups in total. The molecule has 8 rings (SSSR count). The summed E-state index contributed by atoms with van der Waals surface area (Å²) in [5.41, 5.74) is 10.4. The summed E-state index contributed by atoms with van der Waals surface area (Å²) in [6.45, 7) is 0. The molecule has 0 fully saturated rings. The molecule has 0 aliphatic carbocycles. The Balaban J connectivity index is 1.37. The van der Waals surface area contributed by atoms with Crippen molar-refractivity contribution in [2.45, 2.75) is 0 Å². The predicted octanol–water partition coefficient (Wildman–Crippen LogP) is 8.81. The van der Waals surface area contributed by atoms with Crippen LogP contribution in [0.4, 0.5) is 0 Å². The van der Waals surface area contributed by atoms with Crippen LogP contribution in [0.15, 0.2) is 132 Å². The first-order chi connectivity index (χ1) is 18.8. The van der Waals surface area contributed by atoms with Gasteiger partial charge in [0.1, 0.15) is 11.2 Å². The lowest BCUT2D eigenvalue weighted by Gasteiger charge is -2.11. The van der Waals surface area contributed by atoms with Crippen LogP contribution in [-0.4, -0.2) is 14.5 Å². The molecule has 0 saturated heterocycles. The highest BCUT2D eigenvalue weighted by Crippen LogP contribution is 2.38. The Morgan fingerprint density at radius 2 is 1.34 bits per heavy atom. The second-order valence-electron chi connectivity index (χ2n) is 9.48. The van der Waals surface area contributed by atoms with E-state index in [1.54, 1.807) is 0 Å². The van der Waals surface area contributed by atoms with Crippen molar-refractivity contribution in [3.63, 3.8) is 0 Å². The van der Waals surface area contributed by atoms with E-state index in [1.165, 1.54) is 0 Å². The highest BCUT2D eigenvalue weighted by atomic mass is 16.3. The highest BCUT2D eigenvalue weighted by molar-refractivity contribution is 6.10. The molecule has 0 spiro atoms. The van der Waals surface area contributed by atoms with E-state index in [4.69, 9.17) is 9.40 Å². The highest BCUT2D eigenvalue weighted by Gasteiger charge is 2.17. The first-order valence-electron chi connectivity index (χ1n) is 12.7. The number of fused-ring (bicyclic) bond motifs is 6. The molecule has 4 aromatic heterocycles. The number of benzene rings is 4. The topological polar surface area (TPSA) is 43.9 Å². The number of furan rings is 1.